The van der Waals surface area contributed by atoms with Crippen molar-refractivity contribution in [1.29, 1.82) is 0 Å². The van der Waals surface area contributed by atoms with Crippen LogP contribution >= 0.6 is 0 Å². The van der Waals surface area contributed by atoms with Gasteiger partial charge in [-0.1, -0.05) is 60.7 Å². The summed E-state index contributed by atoms with van der Waals surface area (Å²) in [6.07, 6.45) is 0.625. The van der Waals surface area contributed by atoms with E-state index in [4.69, 9.17) is 9.47 Å². The summed E-state index contributed by atoms with van der Waals surface area (Å²) < 4.78 is 38.9. The van der Waals surface area contributed by atoms with Gasteiger partial charge in [0.05, 0.1) is 14.2 Å². The quantitative estimate of drug-likeness (QED) is 0.573. The second-order valence-electron chi connectivity index (χ2n) is 6.58. The monoisotopic (exact) mass is 411 g/mol. The lowest BCUT2D eigenvalue weighted by Gasteiger charge is -2.19. The van der Waals surface area contributed by atoms with E-state index in [2.05, 4.69) is 29.0 Å². The van der Waals surface area contributed by atoms with Gasteiger partial charge in [-0.2, -0.15) is 0 Å². The molecule has 0 saturated heterocycles. The van der Waals surface area contributed by atoms with Gasteiger partial charge in [0.15, 0.2) is 0 Å². The molecule has 3 aromatic carbocycles. The Morgan fingerprint density at radius 3 is 1.93 bits per heavy atom. The molecule has 0 unspecified atom stereocenters. The van der Waals surface area contributed by atoms with Crippen LogP contribution in [0.15, 0.2) is 83.8 Å². The van der Waals surface area contributed by atoms with E-state index >= 15 is 0 Å². The van der Waals surface area contributed by atoms with Crippen LogP contribution in [0, 0.1) is 0 Å². The summed E-state index contributed by atoms with van der Waals surface area (Å²) in [7, 11) is -0.809. The van der Waals surface area contributed by atoms with Crippen molar-refractivity contribution in [3.63, 3.8) is 0 Å². The zero-order valence-corrected chi connectivity index (χ0v) is 17.4. The molecule has 0 fully saturated rings. The molecule has 0 bridgehead atoms. The van der Waals surface area contributed by atoms with Crippen molar-refractivity contribution in [2.45, 2.75) is 17.2 Å². The molecule has 0 radical (unpaired) electrons. The van der Waals surface area contributed by atoms with Gasteiger partial charge in [0.25, 0.3) is 0 Å². The molecule has 0 saturated carbocycles. The molecule has 1 N–H and O–H groups in total. The summed E-state index contributed by atoms with van der Waals surface area (Å²) in [6, 6.07) is 24.9. The number of nitrogens with one attached hydrogen (secondary N) is 1. The van der Waals surface area contributed by atoms with E-state index in [-0.39, 0.29) is 23.1 Å². The Morgan fingerprint density at radius 1 is 0.828 bits per heavy atom. The predicted octanol–water partition coefficient (Wildman–Crippen LogP) is 4.20. The Hall–Kier alpha value is -2.83. The molecule has 3 aromatic rings. The molecule has 0 aliphatic carbocycles. The maximum Gasteiger partial charge on any atom is 0.244 e. The number of benzene rings is 3. The zero-order valence-electron chi connectivity index (χ0n) is 16.5. The lowest BCUT2D eigenvalue weighted by Crippen LogP contribution is -2.26. The molecule has 0 aliphatic rings. The average Bonchev–Trinajstić information content (AvgIpc) is 2.77. The van der Waals surface area contributed by atoms with Crippen molar-refractivity contribution in [3.8, 4) is 11.5 Å². The van der Waals surface area contributed by atoms with Crippen molar-refractivity contribution in [2.75, 3.05) is 20.8 Å². The highest BCUT2D eigenvalue weighted by molar-refractivity contribution is 7.89. The maximum absolute atomic E-state index is 12.9. The first kappa shape index (κ1) is 20.9. The topological polar surface area (TPSA) is 64.6 Å². The summed E-state index contributed by atoms with van der Waals surface area (Å²) in [4.78, 5) is 0.0651. The van der Waals surface area contributed by atoms with Gasteiger partial charge in [-0.25, -0.2) is 13.1 Å². The molecular formula is C23H25NO4S. The number of hydrogen-bond acceptors (Lipinski definition) is 4. The largest absolute Gasteiger partial charge is 0.497 e. The number of sulfonamides is 1. The minimum atomic E-state index is -3.75. The van der Waals surface area contributed by atoms with Gasteiger partial charge in [-0.05, 0) is 29.7 Å². The Kier molecular flexibility index (Phi) is 6.90. The molecule has 0 atom stereocenters. The third-order valence-corrected chi connectivity index (χ3v) is 6.27. The lowest BCUT2D eigenvalue weighted by atomic mass is 9.89. The summed E-state index contributed by atoms with van der Waals surface area (Å²) in [5.41, 5.74) is 2.30. The van der Waals surface area contributed by atoms with Gasteiger partial charge < -0.3 is 9.47 Å². The Bertz CT molecular complexity index is 982. The lowest BCUT2D eigenvalue weighted by molar-refractivity contribution is 0.392. The molecule has 29 heavy (non-hydrogen) atoms. The first-order valence-corrected chi connectivity index (χ1v) is 10.8. The Morgan fingerprint density at radius 2 is 1.41 bits per heavy atom. The van der Waals surface area contributed by atoms with Crippen LogP contribution in [0.5, 0.6) is 11.5 Å². The molecule has 0 amide bonds. The van der Waals surface area contributed by atoms with Crippen LogP contribution in [0.3, 0.4) is 0 Å². The average molecular weight is 412 g/mol. The number of hydrogen-bond donors (Lipinski definition) is 1. The van der Waals surface area contributed by atoms with Gasteiger partial charge in [-0.3, -0.25) is 0 Å². The highest BCUT2D eigenvalue weighted by atomic mass is 32.2. The van der Waals surface area contributed by atoms with Crippen molar-refractivity contribution in [2.24, 2.45) is 0 Å². The number of methoxy groups -OCH3 is 2. The third-order valence-electron chi connectivity index (χ3n) is 4.79. The second kappa shape index (κ2) is 9.58. The Labute approximate surface area is 172 Å². The standard InChI is InChI=1S/C23H25NO4S/c1-27-20-13-14-22(28-2)23(17-20)29(25,26)24-16-15-21(18-9-5-3-6-10-18)19-11-7-4-8-12-19/h3-14,17,21,24H,15-16H2,1-2H3. The molecule has 0 aromatic heterocycles. The number of ether oxygens (including phenoxy) is 2. The summed E-state index contributed by atoms with van der Waals surface area (Å²) in [5, 5.41) is 0. The first-order valence-electron chi connectivity index (χ1n) is 9.36. The van der Waals surface area contributed by atoms with Gasteiger partial charge in [0.2, 0.25) is 10.0 Å². The minimum absolute atomic E-state index is 0.0651. The molecule has 0 heterocycles. The van der Waals surface area contributed by atoms with Gasteiger partial charge in [-0.15, -0.1) is 0 Å². The molecule has 0 spiro atoms. The van der Waals surface area contributed by atoms with Crippen molar-refractivity contribution < 1.29 is 17.9 Å². The maximum atomic E-state index is 12.9. The molecule has 3 rings (SSSR count). The second-order valence-corrected chi connectivity index (χ2v) is 8.31. The SMILES string of the molecule is COc1ccc(OC)c(S(=O)(=O)NCCC(c2ccccc2)c2ccccc2)c1. The fourth-order valence-electron chi connectivity index (χ4n) is 3.31. The van der Waals surface area contributed by atoms with Gasteiger partial charge in [0.1, 0.15) is 16.4 Å². The van der Waals surface area contributed by atoms with E-state index in [1.54, 1.807) is 12.1 Å². The van der Waals surface area contributed by atoms with E-state index in [0.29, 0.717) is 12.2 Å². The van der Waals surface area contributed by atoms with Crippen molar-refractivity contribution >= 4 is 10.0 Å². The van der Waals surface area contributed by atoms with E-state index in [1.165, 1.54) is 20.3 Å². The predicted molar refractivity (Wildman–Crippen MR) is 114 cm³/mol. The van der Waals surface area contributed by atoms with Crippen LogP contribution in [-0.4, -0.2) is 29.2 Å². The molecule has 152 valence electrons. The van der Waals surface area contributed by atoms with Crippen LogP contribution in [0.1, 0.15) is 23.5 Å². The molecule has 5 nitrogen and oxygen atoms in total. The van der Waals surface area contributed by atoms with E-state index in [0.717, 1.165) is 11.1 Å². The number of rotatable bonds is 9. The van der Waals surface area contributed by atoms with Crippen molar-refractivity contribution in [1.82, 2.24) is 4.72 Å². The smallest absolute Gasteiger partial charge is 0.244 e. The van der Waals surface area contributed by atoms with E-state index in [9.17, 15) is 8.42 Å². The van der Waals surface area contributed by atoms with Crippen molar-refractivity contribution in [3.05, 3.63) is 90.0 Å². The first-order chi connectivity index (χ1) is 14.0. The van der Waals surface area contributed by atoms with Crippen LogP contribution < -0.4 is 14.2 Å². The molecule has 6 heteroatoms. The van der Waals surface area contributed by atoms with Gasteiger partial charge >= 0.3 is 0 Å². The third kappa shape index (κ3) is 5.16. The zero-order chi connectivity index (χ0) is 20.7. The van der Waals surface area contributed by atoms with Crippen LogP contribution in [0.2, 0.25) is 0 Å². The van der Waals surface area contributed by atoms with Crippen LogP contribution in [0.4, 0.5) is 0 Å². The van der Waals surface area contributed by atoms with Crippen LogP contribution in [-0.2, 0) is 10.0 Å². The normalized spacial score (nSPS) is 11.4. The summed E-state index contributed by atoms with van der Waals surface area (Å²) >= 11 is 0. The van der Waals surface area contributed by atoms with Gasteiger partial charge in [0, 0.05) is 18.5 Å². The molecule has 0 aliphatic heterocycles. The highest BCUT2D eigenvalue weighted by Gasteiger charge is 2.21. The highest BCUT2D eigenvalue weighted by Crippen LogP contribution is 2.30. The minimum Gasteiger partial charge on any atom is -0.497 e. The van der Waals surface area contributed by atoms with E-state index < -0.39 is 10.0 Å². The summed E-state index contributed by atoms with van der Waals surface area (Å²) in [6.45, 7) is 0.289. The van der Waals surface area contributed by atoms with E-state index in [1.807, 2.05) is 36.4 Å². The van der Waals surface area contributed by atoms with Crippen LogP contribution in [0.25, 0.3) is 0 Å². The summed E-state index contributed by atoms with van der Waals surface area (Å²) in [5.74, 6) is 0.825. The fraction of sp³-hybridized carbons (Fsp3) is 0.217. The fourth-order valence-corrected chi connectivity index (χ4v) is 4.54. The Balaban J connectivity index is 1.79. The molecular weight excluding hydrogens is 386 g/mol.